The Morgan fingerprint density at radius 2 is 0.902 bits per heavy atom. The van der Waals surface area contributed by atoms with Gasteiger partial charge >= 0.3 is 0 Å². The molecule has 0 aliphatic carbocycles. The maximum Gasteiger partial charge on any atom is 0.220 e. The number of hydrogen-bond donors (Lipinski definition) is 6. The van der Waals surface area contributed by atoms with Crippen LogP contribution < -0.4 is 5.32 Å². The summed E-state index contributed by atoms with van der Waals surface area (Å²) >= 11 is 0. The molecular weight excluding hydrogens is 767 g/mol. The van der Waals surface area contributed by atoms with Crippen LogP contribution in [0.3, 0.4) is 0 Å². The second-order valence-corrected chi connectivity index (χ2v) is 18.7. The summed E-state index contributed by atoms with van der Waals surface area (Å²) in [6.45, 7) is 3.71. The van der Waals surface area contributed by atoms with Gasteiger partial charge in [-0.3, -0.25) is 4.79 Å². The van der Waals surface area contributed by atoms with Crippen LogP contribution in [0.2, 0.25) is 0 Å². The molecule has 0 saturated carbocycles. The standard InChI is InChI=1S/C52H101NO8/c1-3-5-7-9-11-12-13-14-15-16-17-18-19-20-21-22-23-24-25-26-27-28-29-30-31-32-33-34-35-36-38-40-42-48(56)53-45(46(55)41-39-37-10-8-6-4-2)44-60-52-51(59)50(58)49(57)47(43-54)61-52/h39,41,45-47,49-52,54-55,57-59H,3-38,40,42-44H2,1-2H3,(H,53,56)/b41-39+. The van der Waals surface area contributed by atoms with E-state index in [1.807, 2.05) is 6.08 Å². The van der Waals surface area contributed by atoms with Gasteiger partial charge in [-0.1, -0.05) is 244 Å². The highest BCUT2D eigenvalue weighted by atomic mass is 16.7. The molecule has 1 amide bonds. The lowest BCUT2D eigenvalue weighted by Gasteiger charge is -2.40. The average molecular weight is 868 g/mol. The molecule has 61 heavy (non-hydrogen) atoms. The fraction of sp³-hybridized carbons (Fsp3) is 0.942. The Labute approximate surface area is 376 Å². The number of unbranched alkanes of at least 4 members (excludes halogenated alkanes) is 35. The van der Waals surface area contributed by atoms with E-state index in [4.69, 9.17) is 9.47 Å². The lowest BCUT2D eigenvalue weighted by Crippen LogP contribution is -2.60. The second-order valence-electron chi connectivity index (χ2n) is 18.7. The molecular formula is C52H101NO8. The predicted molar refractivity (Wildman–Crippen MR) is 254 cm³/mol. The van der Waals surface area contributed by atoms with Gasteiger partial charge in [0, 0.05) is 6.42 Å². The number of amides is 1. The predicted octanol–water partition coefficient (Wildman–Crippen LogP) is 12.1. The first-order valence-electron chi connectivity index (χ1n) is 26.4. The van der Waals surface area contributed by atoms with Crippen LogP contribution in [-0.4, -0.2) is 87.5 Å². The summed E-state index contributed by atoms with van der Waals surface area (Å²) in [5.74, 6) is -0.177. The molecule has 0 spiro atoms. The molecule has 0 radical (unpaired) electrons. The summed E-state index contributed by atoms with van der Waals surface area (Å²) in [7, 11) is 0. The minimum Gasteiger partial charge on any atom is -0.394 e. The number of hydrogen-bond acceptors (Lipinski definition) is 8. The van der Waals surface area contributed by atoms with Crippen molar-refractivity contribution in [3.8, 4) is 0 Å². The third kappa shape index (κ3) is 33.1. The smallest absolute Gasteiger partial charge is 0.220 e. The Morgan fingerprint density at radius 3 is 1.28 bits per heavy atom. The van der Waals surface area contributed by atoms with Gasteiger partial charge < -0.3 is 40.3 Å². The Bertz CT molecular complexity index is 966. The van der Waals surface area contributed by atoms with Gasteiger partial charge in [-0.2, -0.15) is 0 Å². The minimum atomic E-state index is -1.56. The topological polar surface area (TPSA) is 149 Å². The van der Waals surface area contributed by atoms with Gasteiger partial charge in [0.2, 0.25) is 5.91 Å². The fourth-order valence-electron chi connectivity index (χ4n) is 8.63. The molecule has 0 aromatic rings. The molecule has 1 rings (SSSR count). The van der Waals surface area contributed by atoms with Crippen LogP contribution in [0, 0.1) is 0 Å². The van der Waals surface area contributed by atoms with Crippen molar-refractivity contribution in [2.24, 2.45) is 0 Å². The first-order chi connectivity index (χ1) is 29.8. The summed E-state index contributed by atoms with van der Waals surface area (Å²) < 4.78 is 11.1. The zero-order valence-electron chi connectivity index (χ0n) is 39.9. The quantitative estimate of drug-likeness (QED) is 0.0262. The Hall–Kier alpha value is -1.07. The summed E-state index contributed by atoms with van der Waals surface area (Å²) in [5, 5.41) is 53.9. The van der Waals surface area contributed by atoms with Gasteiger partial charge in [0.1, 0.15) is 24.4 Å². The van der Waals surface area contributed by atoms with Crippen molar-refractivity contribution in [1.29, 1.82) is 0 Å². The Kier molecular flexibility index (Phi) is 40.7. The van der Waals surface area contributed by atoms with E-state index in [0.29, 0.717) is 6.42 Å². The molecule has 0 aromatic heterocycles. The van der Waals surface area contributed by atoms with E-state index >= 15 is 0 Å². The Morgan fingerprint density at radius 1 is 0.541 bits per heavy atom. The zero-order chi connectivity index (χ0) is 44.4. The molecule has 6 N–H and O–H groups in total. The highest BCUT2D eigenvalue weighted by Crippen LogP contribution is 2.23. The zero-order valence-corrected chi connectivity index (χ0v) is 39.9. The molecule has 1 heterocycles. The average Bonchev–Trinajstić information content (AvgIpc) is 3.26. The number of rotatable bonds is 45. The van der Waals surface area contributed by atoms with Crippen LogP contribution in [0.1, 0.15) is 258 Å². The van der Waals surface area contributed by atoms with E-state index in [1.54, 1.807) is 6.08 Å². The van der Waals surface area contributed by atoms with Crippen molar-refractivity contribution in [2.75, 3.05) is 13.2 Å². The molecule has 1 fully saturated rings. The van der Waals surface area contributed by atoms with Crippen molar-refractivity contribution in [2.45, 2.75) is 301 Å². The van der Waals surface area contributed by atoms with E-state index in [2.05, 4.69) is 19.2 Å². The van der Waals surface area contributed by atoms with Crippen LogP contribution in [0.15, 0.2) is 12.2 Å². The van der Waals surface area contributed by atoms with Crippen LogP contribution >= 0.6 is 0 Å². The third-order valence-electron chi connectivity index (χ3n) is 12.9. The van der Waals surface area contributed by atoms with Gasteiger partial charge in [0.25, 0.3) is 0 Å². The molecule has 7 unspecified atom stereocenters. The molecule has 7 atom stereocenters. The van der Waals surface area contributed by atoms with Gasteiger partial charge in [-0.25, -0.2) is 0 Å². The van der Waals surface area contributed by atoms with Gasteiger partial charge in [0.05, 0.1) is 25.4 Å². The van der Waals surface area contributed by atoms with Crippen molar-refractivity contribution in [3.63, 3.8) is 0 Å². The number of aliphatic hydroxyl groups excluding tert-OH is 5. The first kappa shape index (κ1) is 57.9. The van der Waals surface area contributed by atoms with Gasteiger partial charge in [0.15, 0.2) is 6.29 Å². The summed E-state index contributed by atoms with van der Waals surface area (Å²) in [5.41, 5.74) is 0. The molecule has 0 aromatic carbocycles. The van der Waals surface area contributed by atoms with Crippen molar-refractivity contribution < 1.29 is 39.8 Å². The normalized spacial score (nSPS) is 20.4. The molecule has 1 aliphatic heterocycles. The molecule has 9 nitrogen and oxygen atoms in total. The van der Waals surface area contributed by atoms with Crippen LogP contribution in [-0.2, 0) is 14.3 Å². The molecule has 362 valence electrons. The Balaban J connectivity index is 2.00. The number of ether oxygens (including phenoxy) is 2. The van der Waals surface area contributed by atoms with Gasteiger partial charge in [-0.15, -0.1) is 0 Å². The number of allylic oxidation sites excluding steroid dienone is 1. The van der Waals surface area contributed by atoms with E-state index in [0.717, 1.165) is 44.9 Å². The SMILES string of the molecule is CCCCCC/C=C/C(O)C(COC1OC(CO)C(O)C(O)C1O)NC(=O)CCCCCCCCCCCCCCCCCCCCCCCCCCCCCCCCCC. The van der Waals surface area contributed by atoms with E-state index < -0.39 is 49.5 Å². The molecule has 1 aliphatic rings. The van der Waals surface area contributed by atoms with Crippen molar-refractivity contribution in [3.05, 3.63) is 12.2 Å². The number of nitrogens with one attached hydrogen (secondary N) is 1. The first-order valence-corrected chi connectivity index (χ1v) is 26.4. The summed E-state index contributed by atoms with van der Waals surface area (Å²) in [6.07, 6.45) is 44.9. The maximum absolute atomic E-state index is 12.9. The van der Waals surface area contributed by atoms with E-state index in [-0.39, 0.29) is 12.5 Å². The largest absolute Gasteiger partial charge is 0.394 e. The number of aliphatic hydroxyl groups is 5. The fourth-order valence-corrected chi connectivity index (χ4v) is 8.63. The summed E-state index contributed by atoms with van der Waals surface area (Å²) in [6, 6.07) is -0.796. The highest BCUT2D eigenvalue weighted by molar-refractivity contribution is 5.76. The monoisotopic (exact) mass is 868 g/mol. The molecule has 0 bridgehead atoms. The van der Waals surface area contributed by atoms with E-state index in [1.165, 1.54) is 193 Å². The van der Waals surface area contributed by atoms with E-state index in [9.17, 15) is 30.3 Å². The van der Waals surface area contributed by atoms with Crippen LogP contribution in [0.4, 0.5) is 0 Å². The molecule has 9 heteroatoms. The van der Waals surface area contributed by atoms with Crippen molar-refractivity contribution in [1.82, 2.24) is 5.32 Å². The van der Waals surface area contributed by atoms with Gasteiger partial charge in [-0.05, 0) is 19.3 Å². The van der Waals surface area contributed by atoms with Crippen molar-refractivity contribution >= 4 is 5.91 Å². The second kappa shape index (κ2) is 42.9. The third-order valence-corrected chi connectivity index (χ3v) is 12.9. The maximum atomic E-state index is 12.9. The van der Waals surface area contributed by atoms with Crippen LogP contribution in [0.5, 0.6) is 0 Å². The highest BCUT2D eigenvalue weighted by Gasteiger charge is 2.44. The number of carbonyl (C=O) groups excluding carboxylic acids is 1. The molecule has 1 saturated heterocycles. The van der Waals surface area contributed by atoms with Crippen LogP contribution in [0.25, 0.3) is 0 Å². The summed E-state index contributed by atoms with van der Waals surface area (Å²) in [4.78, 5) is 12.9. The minimum absolute atomic E-state index is 0.177. The number of carbonyl (C=O) groups is 1. The lowest BCUT2D eigenvalue weighted by atomic mass is 9.99. The lowest BCUT2D eigenvalue weighted by molar-refractivity contribution is -0.302.